The van der Waals surface area contributed by atoms with E-state index in [9.17, 15) is 10.1 Å². The number of nitriles is 1. The van der Waals surface area contributed by atoms with Gasteiger partial charge in [0.25, 0.3) is 5.91 Å². The number of hydrogen-bond acceptors (Lipinski definition) is 4. The molecule has 5 nitrogen and oxygen atoms in total. The number of ether oxygens (including phenoxy) is 2. The van der Waals surface area contributed by atoms with Gasteiger partial charge in [0.15, 0.2) is 11.5 Å². The molecular weight excluding hydrogens is 622 g/mol. The first-order valence-electron chi connectivity index (χ1n) is 10.4. The summed E-state index contributed by atoms with van der Waals surface area (Å²) in [6.45, 7) is 4.32. The average Bonchev–Trinajstić information content (AvgIpc) is 2.82. The maximum absolute atomic E-state index is 12.8. The summed E-state index contributed by atoms with van der Waals surface area (Å²) < 4.78 is 12.6. The van der Waals surface area contributed by atoms with Crippen LogP contribution in [0.4, 0.5) is 5.69 Å². The van der Waals surface area contributed by atoms with Crippen LogP contribution in [-0.2, 0) is 11.4 Å². The zero-order chi connectivity index (χ0) is 25.5. The second-order valence-electron chi connectivity index (χ2n) is 7.34. The van der Waals surface area contributed by atoms with E-state index in [1.165, 1.54) is 6.08 Å². The van der Waals surface area contributed by atoms with Gasteiger partial charge in [-0.2, -0.15) is 5.26 Å². The van der Waals surface area contributed by atoms with Gasteiger partial charge in [0, 0.05) is 10.7 Å². The highest BCUT2D eigenvalue weighted by molar-refractivity contribution is 14.1. The summed E-state index contributed by atoms with van der Waals surface area (Å²) in [6.07, 6.45) is 1.50. The van der Waals surface area contributed by atoms with Crippen LogP contribution in [0.3, 0.4) is 0 Å². The maximum Gasteiger partial charge on any atom is 0.266 e. The van der Waals surface area contributed by atoms with Gasteiger partial charge in [0.05, 0.1) is 20.2 Å². The minimum Gasteiger partial charge on any atom is -0.490 e. The molecule has 0 spiro atoms. The molecule has 0 aliphatic carbocycles. The number of hydrogen-bond donors (Lipinski definition) is 1. The number of nitrogens with zero attached hydrogens (tertiary/aromatic N) is 1. The van der Waals surface area contributed by atoms with Crippen molar-refractivity contribution in [2.75, 3.05) is 11.9 Å². The van der Waals surface area contributed by atoms with Gasteiger partial charge in [0.1, 0.15) is 18.2 Å². The van der Waals surface area contributed by atoms with E-state index in [-0.39, 0.29) is 12.2 Å². The van der Waals surface area contributed by atoms with E-state index in [0.29, 0.717) is 44.4 Å². The van der Waals surface area contributed by atoms with Crippen LogP contribution < -0.4 is 14.8 Å². The Labute approximate surface area is 232 Å². The Morgan fingerprint density at radius 1 is 1.09 bits per heavy atom. The molecule has 0 atom stereocenters. The molecule has 0 unspecified atom stereocenters. The molecule has 35 heavy (non-hydrogen) atoms. The lowest BCUT2D eigenvalue weighted by atomic mass is 10.1. The summed E-state index contributed by atoms with van der Waals surface area (Å²) >= 11 is 20.3. The lowest BCUT2D eigenvalue weighted by Gasteiger charge is -2.15. The van der Waals surface area contributed by atoms with E-state index >= 15 is 0 Å². The molecular formula is C26H20Cl3IN2O3. The molecule has 0 radical (unpaired) electrons. The Morgan fingerprint density at radius 3 is 2.54 bits per heavy atom. The van der Waals surface area contributed by atoms with Gasteiger partial charge < -0.3 is 14.8 Å². The first-order valence-corrected chi connectivity index (χ1v) is 12.7. The number of benzene rings is 3. The van der Waals surface area contributed by atoms with Gasteiger partial charge in [-0.25, -0.2) is 0 Å². The van der Waals surface area contributed by atoms with E-state index in [2.05, 4.69) is 27.9 Å². The van der Waals surface area contributed by atoms with Gasteiger partial charge >= 0.3 is 0 Å². The molecule has 0 bridgehead atoms. The molecule has 9 heteroatoms. The lowest BCUT2D eigenvalue weighted by molar-refractivity contribution is -0.112. The molecule has 0 aliphatic heterocycles. The number of halogens is 4. The second kappa shape index (κ2) is 12.5. The molecule has 0 aromatic heterocycles. The van der Waals surface area contributed by atoms with Crippen LogP contribution in [0.5, 0.6) is 11.5 Å². The number of nitrogens with one attached hydrogen (secondary N) is 1. The van der Waals surface area contributed by atoms with Crippen LogP contribution in [0, 0.1) is 21.8 Å². The predicted octanol–water partition coefficient (Wildman–Crippen LogP) is 8.08. The number of carbonyl (C=O) groups excluding carboxylic acids is 1. The molecule has 3 aromatic rings. The van der Waals surface area contributed by atoms with Crippen molar-refractivity contribution < 1.29 is 14.3 Å². The fourth-order valence-electron chi connectivity index (χ4n) is 3.11. The molecule has 0 fully saturated rings. The van der Waals surface area contributed by atoms with E-state index < -0.39 is 5.91 Å². The molecule has 0 saturated heterocycles. The number of rotatable bonds is 8. The monoisotopic (exact) mass is 640 g/mol. The summed E-state index contributed by atoms with van der Waals surface area (Å²) in [7, 11) is 0. The highest BCUT2D eigenvalue weighted by Gasteiger charge is 2.16. The highest BCUT2D eigenvalue weighted by atomic mass is 127. The zero-order valence-electron chi connectivity index (χ0n) is 18.8. The van der Waals surface area contributed by atoms with Crippen LogP contribution in [0.1, 0.15) is 23.6 Å². The Balaban J connectivity index is 1.86. The van der Waals surface area contributed by atoms with E-state index in [1.54, 1.807) is 43.3 Å². The maximum atomic E-state index is 12.8. The third kappa shape index (κ3) is 7.05. The molecule has 3 rings (SSSR count). The summed E-state index contributed by atoms with van der Waals surface area (Å²) in [5.74, 6) is 0.507. The topological polar surface area (TPSA) is 71.3 Å². The molecule has 0 heterocycles. The first kappa shape index (κ1) is 27.2. The van der Waals surface area contributed by atoms with Gasteiger partial charge in [-0.05, 0) is 95.6 Å². The molecule has 0 saturated carbocycles. The quantitative estimate of drug-likeness (QED) is 0.153. The number of amides is 1. The van der Waals surface area contributed by atoms with E-state index in [1.807, 2.05) is 25.1 Å². The second-order valence-corrected chi connectivity index (χ2v) is 9.72. The Morgan fingerprint density at radius 2 is 1.86 bits per heavy atom. The van der Waals surface area contributed by atoms with Gasteiger partial charge in [-0.15, -0.1) is 0 Å². The summed E-state index contributed by atoms with van der Waals surface area (Å²) in [4.78, 5) is 12.8. The summed E-state index contributed by atoms with van der Waals surface area (Å²) in [6, 6.07) is 16.0. The third-order valence-electron chi connectivity index (χ3n) is 4.89. The van der Waals surface area contributed by atoms with Crippen LogP contribution >= 0.6 is 57.4 Å². The normalized spacial score (nSPS) is 11.1. The van der Waals surface area contributed by atoms with Crippen LogP contribution in [0.2, 0.25) is 15.1 Å². The average molecular weight is 642 g/mol. The van der Waals surface area contributed by atoms with Crippen molar-refractivity contribution in [1.82, 2.24) is 0 Å². The molecule has 1 amide bonds. The minimum absolute atomic E-state index is 0.0629. The fraction of sp³-hybridized carbons (Fsp3) is 0.154. The van der Waals surface area contributed by atoms with Crippen molar-refractivity contribution in [3.05, 3.63) is 89.4 Å². The summed E-state index contributed by atoms with van der Waals surface area (Å²) in [5, 5.41) is 13.8. The first-order chi connectivity index (χ1) is 16.7. The molecule has 1 N–H and O–H groups in total. The largest absolute Gasteiger partial charge is 0.490 e. The standard InChI is InChI=1S/C26H20Cl3IN2O3/c1-3-34-24-12-17(9-18(13-31)26(33)32-23-6-4-5-19(27)15(23)2)11-22(30)25(24)35-14-16-7-8-20(28)21(29)10-16/h4-12H,3,14H2,1-2H3,(H,32,33)/b18-9+. The fourth-order valence-corrected chi connectivity index (χ4v) is 4.38. The number of carbonyl (C=O) groups is 1. The van der Waals surface area contributed by atoms with Crippen molar-refractivity contribution in [3.63, 3.8) is 0 Å². The van der Waals surface area contributed by atoms with Gasteiger partial charge in [0.2, 0.25) is 0 Å². The van der Waals surface area contributed by atoms with Gasteiger partial charge in [-0.3, -0.25) is 4.79 Å². The lowest BCUT2D eigenvalue weighted by Crippen LogP contribution is -2.14. The Hall–Kier alpha value is -2.44. The van der Waals surface area contributed by atoms with Crippen molar-refractivity contribution in [2.24, 2.45) is 0 Å². The third-order valence-corrected chi connectivity index (χ3v) is 6.84. The van der Waals surface area contributed by atoms with Gasteiger partial charge in [-0.1, -0.05) is 46.9 Å². The molecule has 0 aliphatic rings. The van der Waals surface area contributed by atoms with Crippen molar-refractivity contribution in [2.45, 2.75) is 20.5 Å². The zero-order valence-corrected chi connectivity index (χ0v) is 23.2. The smallest absolute Gasteiger partial charge is 0.266 e. The Kier molecular flexibility index (Phi) is 9.70. The van der Waals surface area contributed by atoms with Crippen LogP contribution in [0.15, 0.2) is 54.1 Å². The SMILES string of the molecule is CCOc1cc(/C=C(\C#N)C(=O)Nc2cccc(Cl)c2C)cc(I)c1OCc1ccc(Cl)c(Cl)c1. The Bertz CT molecular complexity index is 1340. The van der Waals surface area contributed by atoms with E-state index in [4.69, 9.17) is 44.3 Å². The van der Waals surface area contributed by atoms with Crippen LogP contribution in [-0.4, -0.2) is 12.5 Å². The van der Waals surface area contributed by atoms with Crippen molar-refractivity contribution in [3.8, 4) is 17.6 Å². The molecule has 3 aromatic carbocycles. The highest BCUT2D eigenvalue weighted by Crippen LogP contribution is 2.36. The molecule has 180 valence electrons. The summed E-state index contributed by atoms with van der Waals surface area (Å²) in [5.41, 5.74) is 2.67. The predicted molar refractivity (Wildman–Crippen MR) is 150 cm³/mol. The minimum atomic E-state index is -0.536. The van der Waals surface area contributed by atoms with Crippen molar-refractivity contribution in [1.29, 1.82) is 5.26 Å². The van der Waals surface area contributed by atoms with E-state index in [0.717, 1.165) is 14.7 Å². The van der Waals surface area contributed by atoms with Crippen molar-refractivity contribution >= 4 is 75.1 Å². The van der Waals surface area contributed by atoms with Crippen LogP contribution in [0.25, 0.3) is 6.08 Å². The number of anilines is 1.